The first-order valence-electron chi connectivity index (χ1n) is 4.72. The molecule has 0 aromatic rings. The van der Waals surface area contributed by atoms with Crippen LogP contribution in [0.2, 0.25) is 0 Å². The van der Waals surface area contributed by atoms with Gasteiger partial charge in [-0.05, 0) is 13.8 Å². The molecule has 0 aromatic carbocycles. The highest BCUT2D eigenvalue weighted by atomic mass is 16.5. The molecular weight excluding hydrogens is 202 g/mol. The van der Waals surface area contributed by atoms with Crippen LogP contribution >= 0.6 is 0 Å². The van der Waals surface area contributed by atoms with E-state index in [0.717, 1.165) is 0 Å². The van der Waals surface area contributed by atoms with Crippen molar-refractivity contribution in [2.45, 2.75) is 32.5 Å². The van der Waals surface area contributed by atoms with E-state index in [-0.39, 0.29) is 31.6 Å². The Labute approximate surface area is 88.2 Å². The lowest BCUT2D eigenvalue weighted by Crippen LogP contribution is -2.32. The summed E-state index contributed by atoms with van der Waals surface area (Å²) < 4.78 is 5.02. The third-order valence-corrected chi connectivity index (χ3v) is 1.57. The van der Waals surface area contributed by atoms with Crippen LogP contribution in [0.4, 0.5) is 0 Å². The average Bonchev–Trinajstić information content (AvgIpc) is 2.14. The fourth-order valence-corrected chi connectivity index (χ4v) is 0.765. The largest absolute Gasteiger partial charge is 0.479 e. The van der Waals surface area contributed by atoms with E-state index in [0.29, 0.717) is 0 Å². The van der Waals surface area contributed by atoms with Gasteiger partial charge in [-0.2, -0.15) is 0 Å². The molecule has 0 aliphatic carbocycles. The molecule has 0 radical (unpaired) electrons. The van der Waals surface area contributed by atoms with Crippen molar-refractivity contribution in [3.8, 4) is 0 Å². The maximum Gasteiger partial charge on any atom is 0.332 e. The van der Waals surface area contributed by atoms with E-state index in [9.17, 15) is 9.59 Å². The van der Waals surface area contributed by atoms with Gasteiger partial charge in [0.15, 0.2) is 6.10 Å². The third-order valence-electron chi connectivity index (χ3n) is 1.57. The van der Waals surface area contributed by atoms with Crippen LogP contribution in [0.5, 0.6) is 0 Å². The van der Waals surface area contributed by atoms with E-state index in [1.807, 2.05) is 13.8 Å². The highest BCUT2D eigenvalue weighted by Gasteiger charge is 2.12. The van der Waals surface area contributed by atoms with Crippen LogP contribution in [-0.4, -0.2) is 47.4 Å². The van der Waals surface area contributed by atoms with E-state index in [1.165, 1.54) is 0 Å². The van der Waals surface area contributed by atoms with Crippen LogP contribution in [0.3, 0.4) is 0 Å². The van der Waals surface area contributed by atoms with Gasteiger partial charge in [0.05, 0.1) is 6.10 Å². The molecule has 0 saturated heterocycles. The van der Waals surface area contributed by atoms with Crippen molar-refractivity contribution in [1.82, 2.24) is 5.32 Å². The summed E-state index contributed by atoms with van der Waals surface area (Å²) in [5.74, 6) is -1.61. The van der Waals surface area contributed by atoms with E-state index < -0.39 is 12.1 Å². The Kier molecular flexibility index (Phi) is 6.64. The van der Waals surface area contributed by atoms with Crippen LogP contribution in [0.1, 0.15) is 20.3 Å². The number of carboxylic acids is 1. The van der Waals surface area contributed by atoms with Gasteiger partial charge in [-0.15, -0.1) is 0 Å². The number of carboxylic acid groups (broad SMARTS) is 1. The molecule has 0 bridgehead atoms. The number of hydrogen-bond acceptors (Lipinski definition) is 4. The lowest BCUT2D eigenvalue weighted by atomic mass is 10.2. The van der Waals surface area contributed by atoms with Crippen LogP contribution < -0.4 is 5.32 Å². The number of aliphatic hydroxyl groups is 1. The SMILES string of the molecule is CC(C)OCC(=O)NCCC(O)C(=O)O. The first-order chi connectivity index (χ1) is 6.93. The number of carbonyl (C=O) groups is 2. The molecular formula is C9H17NO5. The number of carbonyl (C=O) groups excluding carboxylic acids is 1. The van der Waals surface area contributed by atoms with E-state index in [1.54, 1.807) is 0 Å². The molecule has 0 saturated carbocycles. The molecule has 0 aromatic heterocycles. The van der Waals surface area contributed by atoms with Crippen molar-refractivity contribution in [2.75, 3.05) is 13.2 Å². The van der Waals surface area contributed by atoms with Crippen molar-refractivity contribution in [2.24, 2.45) is 0 Å². The highest BCUT2D eigenvalue weighted by Crippen LogP contribution is 1.90. The zero-order valence-corrected chi connectivity index (χ0v) is 8.90. The molecule has 0 rings (SSSR count). The minimum absolute atomic E-state index is 0.0112. The van der Waals surface area contributed by atoms with Crippen LogP contribution in [-0.2, 0) is 14.3 Å². The average molecular weight is 219 g/mol. The summed E-state index contributed by atoms with van der Waals surface area (Å²) in [6.45, 7) is 3.68. The molecule has 0 aliphatic heterocycles. The topological polar surface area (TPSA) is 95.9 Å². The van der Waals surface area contributed by atoms with Crippen LogP contribution in [0.15, 0.2) is 0 Å². The van der Waals surface area contributed by atoms with Crippen molar-refractivity contribution in [3.63, 3.8) is 0 Å². The zero-order chi connectivity index (χ0) is 11.8. The Bertz CT molecular complexity index is 217. The van der Waals surface area contributed by atoms with Gasteiger partial charge in [0.1, 0.15) is 6.61 Å². The van der Waals surface area contributed by atoms with Crippen molar-refractivity contribution >= 4 is 11.9 Å². The van der Waals surface area contributed by atoms with Gasteiger partial charge in [-0.1, -0.05) is 0 Å². The quantitative estimate of drug-likeness (QED) is 0.529. The molecule has 0 aliphatic rings. The Morgan fingerprint density at radius 2 is 2.00 bits per heavy atom. The summed E-state index contributed by atoms with van der Waals surface area (Å²) in [6.07, 6.45) is -1.47. The van der Waals surface area contributed by atoms with Gasteiger partial charge in [-0.3, -0.25) is 4.79 Å². The van der Waals surface area contributed by atoms with Gasteiger partial charge in [0.25, 0.3) is 0 Å². The Morgan fingerprint density at radius 3 is 2.47 bits per heavy atom. The second-order valence-corrected chi connectivity index (χ2v) is 3.35. The number of rotatable bonds is 7. The van der Waals surface area contributed by atoms with E-state index in [2.05, 4.69) is 5.32 Å². The summed E-state index contributed by atoms with van der Waals surface area (Å²) in [4.78, 5) is 21.2. The molecule has 0 fully saturated rings. The van der Waals surface area contributed by atoms with Crippen molar-refractivity contribution < 1.29 is 24.5 Å². The number of aliphatic carboxylic acids is 1. The number of aliphatic hydroxyl groups excluding tert-OH is 1. The molecule has 1 amide bonds. The third kappa shape index (κ3) is 7.90. The monoisotopic (exact) mass is 219 g/mol. The second-order valence-electron chi connectivity index (χ2n) is 3.35. The lowest BCUT2D eigenvalue weighted by molar-refractivity contribution is -0.147. The molecule has 88 valence electrons. The predicted molar refractivity (Wildman–Crippen MR) is 52.4 cm³/mol. The summed E-state index contributed by atoms with van der Waals surface area (Å²) in [5.41, 5.74) is 0. The first-order valence-corrected chi connectivity index (χ1v) is 4.72. The normalized spacial score (nSPS) is 12.5. The number of hydrogen-bond donors (Lipinski definition) is 3. The smallest absolute Gasteiger partial charge is 0.332 e. The molecule has 3 N–H and O–H groups in total. The minimum Gasteiger partial charge on any atom is -0.479 e. The lowest BCUT2D eigenvalue weighted by Gasteiger charge is -2.09. The second kappa shape index (κ2) is 7.19. The maximum absolute atomic E-state index is 11.0. The number of nitrogens with one attached hydrogen (secondary N) is 1. The Hall–Kier alpha value is -1.14. The first kappa shape index (κ1) is 13.9. The van der Waals surface area contributed by atoms with E-state index in [4.69, 9.17) is 14.9 Å². The fourth-order valence-electron chi connectivity index (χ4n) is 0.765. The van der Waals surface area contributed by atoms with Gasteiger partial charge >= 0.3 is 5.97 Å². The molecule has 15 heavy (non-hydrogen) atoms. The number of ether oxygens (including phenoxy) is 1. The van der Waals surface area contributed by atoms with E-state index >= 15 is 0 Å². The predicted octanol–water partition coefficient (Wildman–Crippen LogP) is -0.637. The molecule has 1 atom stereocenters. The molecule has 6 heteroatoms. The molecule has 1 unspecified atom stereocenters. The molecule has 0 spiro atoms. The van der Waals surface area contributed by atoms with Gasteiger partial charge in [0, 0.05) is 13.0 Å². The Morgan fingerprint density at radius 1 is 1.40 bits per heavy atom. The zero-order valence-electron chi connectivity index (χ0n) is 8.90. The van der Waals surface area contributed by atoms with Gasteiger partial charge < -0.3 is 20.3 Å². The minimum atomic E-state index is -1.43. The van der Waals surface area contributed by atoms with Crippen molar-refractivity contribution in [3.05, 3.63) is 0 Å². The van der Waals surface area contributed by atoms with Gasteiger partial charge in [0.2, 0.25) is 5.91 Å². The standard InChI is InChI=1S/C9H17NO5/c1-6(2)15-5-8(12)10-4-3-7(11)9(13)14/h6-7,11H,3-5H2,1-2H3,(H,10,12)(H,13,14). The number of amides is 1. The summed E-state index contributed by atoms with van der Waals surface area (Å²) in [7, 11) is 0. The Balaban J connectivity index is 3.51. The summed E-state index contributed by atoms with van der Waals surface area (Å²) >= 11 is 0. The fraction of sp³-hybridized carbons (Fsp3) is 0.778. The molecule has 0 heterocycles. The summed E-state index contributed by atoms with van der Waals surface area (Å²) in [6, 6.07) is 0. The maximum atomic E-state index is 11.0. The molecule has 6 nitrogen and oxygen atoms in total. The van der Waals surface area contributed by atoms with Gasteiger partial charge in [-0.25, -0.2) is 4.79 Å². The summed E-state index contributed by atoms with van der Waals surface area (Å²) in [5, 5.41) is 19.6. The van der Waals surface area contributed by atoms with Crippen LogP contribution in [0.25, 0.3) is 0 Å². The van der Waals surface area contributed by atoms with Crippen LogP contribution in [0, 0.1) is 0 Å². The highest BCUT2D eigenvalue weighted by molar-refractivity contribution is 5.77. The van der Waals surface area contributed by atoms with Crippen molar-refractivity contribution in [1.29, 1.82) is 0 Å².